The summed E-state index contributed by atoms with van der Waals surface area (Å²) >= 11 is 12.0. The van der Waals surface area contributed by atoms with Crippen LogP contribution in [0.3, 0.4) is 0 Å². The minimum absolute atomic E-state index is 0.0708. The predicted octanol–water partition coefficient (Wildman–Crippen LogP) is 3.42. The first kappa shape index (κ1) is 18.9. The van der Waals surface area contributed by atoms with Gasteiger partial charge in [-0.25, -0.2) is 0 Å². The molecular formula is C17H20Cl2N4O3. The summed E-state index contributed by atoms with van der Waals surface area (Å²) in [4.78, 5) is 19.4. The summed E-state index contributed by atoms with van der Waals surface area (Å²) in [5.41, 5.74) is 0.700. The summed E-state index contributed by atoms with van der Waals surface area (Å²) < 4.78 is 5.40. The highest BCUT2D eigenvalue weighted by atomic mass is 35.5. The number of aliphatic carboxylic acids is 1. The van der Waals surface area contributed by atoms with Gasteiger partial charge in [-0.2, -0.15) is 4.98 Å². The van der Waals surface area contributed by atoms with Crippen LogP contribution in [-0.2, 0) is 4.79 Å². The number of nitrogens with zero attached hydrogens (tertiary/aromatic N) is 4. The molecule has 9 heteroatoms. The van der Waals surface area contributed by atoms with Gasteiger partial charge in [-0.1, -0.05) is 35.3 Å². The molecule has 1 aliphatic rings. The van der Waals surface area contributed by atoms with Crippen LogP contribution < -0.4 is 4.90 Å². The van der Waals surface area contributed by atoms with E-state index in [1.807, 2.05) is 16.7 Å². The Kier molecular flexibility index (Phi) is 6.01. The van der Waals surface area contributed by atoms with Crippen molar-refractivity contribution in [2.75, 3.05) is 31.1 Å². The number of hydrogen-bond donors (Lipinski definition) is 1. The normalized spacial score (nSPS) is 15.6. The Morgan fingerprint density at radius 2 is 1.96 bits per heavy atom. The van der Waals surface area contributed by atoms with Crippen LogP contribution in [0.25, 0.3) is 11.4 Å². The molecule has 1 fully saturated rings. The molecule has 1 aromatic carbocycles. The van der Waals surface area contributed by atoms with Gasteiger partial charge in [0.15, 0.2) is 0 Å². The van der Waals surface area contributed by atoms with Crippen LogP contribution in [0, 0.1) is 0 Å². The summed E-state index contributed by atoms with van der Waals surface area (Å²) in [6.45, 7) is 4.24. The number of carboxylic acids is 1. The van der Waals surface area contributed by atoms with E-state index in [1.165, 1.54) is 0 Å². The third-order valence-electron chi connectivity index (χ3n) is 4.53. The minimum Gasteiger partial charge on any atom is -0.480 e. The fourth-order valence-electron chi connectivity index (χ4n) is 3.24. The Bertz CT molecular complexity index is 755. The SMILES string of the molecule is CCN(CC(=O)O)C1CCN(c2nc(-c3cc(Cl)cc(Cl)c3)no2)CC1. The molecule has 0 bridgehead atoms. The molecule has 26 heavy (non-hydrogen) atoms. The first-order chi connectivity index (χ1) is 12.5. The molecule has 3 rings (SSSR count). The van der Waals surface area contributed by atoms with Gasteiger partial charge in [-0.15, -0.1) is 0 Å². The maximum Gasteiger partial charge on any atom is 0.324 e. The van der Waals surface area contributed by atoms with Gasteiger partial charge in [-0.3, -0.25) is 9.69 Å². The molecule has 0 radical (unpaired) electrons. The average Bonchev–Trinajstić information content (AvgIpc) is 3.09. The van der Waals surface area contributed by atoms with E-state index in [1.54, 1.807) is 18.2 Å². The van der Waals surface area contributed by atoms with Crippen LogP contribution in [0.2, 0.25) is 10.0 Å². The van der Waals surface area contributed by atoms with E-state index >= 15 is 0 Å². The number of piperidine rings is 1. The van der Waals surface area contributed by atoms with Crippen LogP contribution in [0.4, 0.5) is 6.01 Å². The zero-order chi connectivity index (χ0) is 18.7. The van der Waals surface area contributed by atoms with Gasteiger partial charge in [0.25, 0.3) is 0 Å². The van der Waals surface area contributed by atoms with Crippen molar-refractivity contribution in [3.05, 3.63) is 28.2 Å². The second-order valence-electron chi connectivity index (χ2n) is 6.23. The van der Waals surface area contributed by atoms with Crippen molar-refractivity contribution >= 4 is 35.2 Å². The third-order valence-corrected chi connectivity index (χ3v) is 4.97. The summed E-state index contributed by atoms with van der Waals surface area (Å²) in [6.07, 6.45) is 1.70. The number of anilines is 1. The Morgan fingerprint density at radius 1 is 1.31 bits per heavy atom. The molecule has 1 saturated heterocycles. The molecule has 1 aromatic heterocycles. The molecule has 0 amide bonds. The molecule has 7 nitrogen and oxygen atoms in total. The number of rotatable bonds is 6. The summed E-state index contributed by atoms with van der Waals surface area (Å²) in [7, 11) is 0. The number of likely N-dealkylation sites (N-methyl/N-ethyl adjacent to an activating group) is 1. The zero-order valence-corrected chi connectivity index (χ0v) is 15.9. The van der Waals surface area contributed by atoms with Gasteiger partial charge in [0.05, 0.1) is 6.54 Å². The molecule has 1 aliphatic heterocycles. The van der Waals surface area contributed by atoms with E-state index in [0.717, 1.165) is 32.5 Å². The minimum atomic E-state index is -0.795. The van der Waals surface area contributed by atoms with Crippen molar-refractivity contribution in [3.8, 4) is 11.4 Å². The number of halogens is 2. The molecule has 1 N–H and O–H groups in total. The monoisotopic (exact) mass is 398 g/mol. The van der Waals surface area contributed by atoms with E-state index in [4.69, 9.17) is 32.8 Å². The van der Waals surface area contributed by atoms with Crippen LogP contribution in [0.5, 0.6) is 0 Å². The van der Waals surface area contributed by atoms with Crippen molar-refractivity contribution < 1.29 is 14.4 Å². The van der Waals surface area contributed by atoms with Gasteiger partial charge < -0.3 is 14.5 Å². The van der Waals surface area contributed by atoms with Crippen LogP contribution in [0.1, 0.15) is 19.8 Å². The van der Waals surface area contributed by atoms with Crippen molar-refractivity contribution in [3.63, 3.8) is 0 Å². The third kappa shape index (κ3) is 4.47. The van der Waals surface area contributed by atoms with Crippen molar-refractivity contribution in [2.45, 2.75) is 25.8 Å². The fraction of sp³-hybridized carbons (Fsp3) is 0.471. The summed E-state index contributed by atoms with van der Waals surface area (Å²) in [6, 6.07) is 5.82. The molecule has 0 aliphatic carbocycles. The molecule has 0 atom stereocenters. The van der Waals surface area contributed by atoms with Gasteiger partial charge in [-0.05, 0) is 37.6 Å². The summed E-state index contributed by atoms with van der Waals surface area (Å²) in [5.74, 6) is -0.358. The van der Waals surface area contributed by atoms with Gasteiger partial charge in [0, 0.05) is 34.7 Å². The highest BCUT2D eigenvalue weighted by Gasteiger charge is 2.27. The second-order valence-corrected chi connectivity index (χ2v) is 7.11. The zero-order valence-electron chi connectivity index (χ0n) is 14.4. The lowest BCUT2D eigenvalue weighted by molar-refractivity contribution is -0.139. The molecule has 0 unspecified atom stereocenters. The van der Waals surface area contributed by atoms with Gasteiger partial charge in [0.1, 0.15) is 0 Å². The van der Waals surface area contributed by atoms with E-state index in [2.05, 4.69) is 10.1 Å². The van der Waals surface area contributed by atoms with Crippen molar-refractivity contribution in [1.29, 1.82) is 0 Å². The molecule has 2 heterocycles. The Morgan fingerprint density at radius 3 is 2.54 bits per heavy atom. The Labute approximate surface area is 161 Å². The van der Waals surface area contributed by atoms with E-state index in [-0.39, 0.29) is 12.6 Å². The maximum atomic E-state index is 11.0. The Hall–Kier alpha value is -1.83. The molecule has 2 aromatic rings. The standard InChI is InChI=1S/C17H20Cl2N4O3/c1-2-22(10-15(24)25)14-3-5-23(6-4-14)17-20-16(21-26-17)11-7-12(18)9-13(19)8-11/h7-9,14H,2-6,10H2,1H3,(H,24,25). The van der Waals surface area contributed by atoms with Gasteiger partial charge >= 0.3 is 12.0 Å². The first-order valence-corrected chi connectivity index (χ1v) is 9.23. The van der Waals surface area contributed by atoms with E-state index in [0.29, 0.717) is 27.4 Å². The summed E-state index contributed by atoms with van der Waals surface area (Å²) in [5, 5.41) is 14.1. The molecule has 0 spiro atoms. The van der Waals surface area contributed by atoms with Crippen LogP contribution >= 0.6 is 23.2 Å². The quantitative estimate of drug-likeness (QED) is 0.797. The smallest absolute Gasteiger partial charge is 0.324 e. The average molecular weight is 399 g/mol. The highest BCUT2D eigenvalue weighted by Crippen LogP contribution is 2.28. The predicted molar refractivity (Wildman–Crippen MR) is 99.9 cm³/mol. The lowest BCUT2D eigenvalue weighted by Gasteiger charge is -2.36. The van der Waals surface area contributed by atoms with Gasteiger partial charge in [0.2, 0.25) is 5.82 Å². The van der Waals surface area contributed by atoms with Crippen LogP contribution in [0.15, 0.2) is 22.7 Å². The lowest BCUT2D eigenvalue weighted by atomic mass is 10.0. The number of benzene rings is 1. The number of carboxylic acid groups (broad SMARTS) is 1. The topological polar surface area (TPSA) is 82.7 Å². The second kappa shape index (κ2) is 8.24. The first-order valence-electron chi connectivity index (χ1n) is 8.47. The molecular weight excluding hydrogens is 379 g/mol. The lowest BCUT2D eigenvalue weighted by Crippen LogP contribution is -2.46. The van der Waals surface area contributed by atoms with Crippen molar-refractivity contribution in [1.82, 2.24) is 15.0 Å². The highest BCUT2D eigenvalue weighted by molar-refractivity contribution is 6.35. The molecule has 0 saturated carbocycles. The van der Waals surface area contributed by atoms with Crippen molar-refractivity contribution in [2.24, 2.45) is 0 Å². The van der Waals surface area contributed by atoms with E-state index < -0.39 is 5.97 Å². The van der Waals surface area contributed by atoms with E-state index in [9.17, 15) is 4.79 Å². The number of carbonyl (C=O) groups is 1. The largest absolute Gasteiger partial charge is 0.480 e. The fourth-order valence-corrected chi connectivity index (χ4v) is 3.77. The maximum absolute atomic E-state index is 11.0. The molecule has 140 valence electrons. The van der Waals surface area contributed by atoms with Crippen LogP contribution in [-0.4, -0.2) is 58.3 Å². The number of aromatic nitrogens is 2. The number of hydrogen-bond acceptors (Lipinski definition) is 6. The Balaban J connectivity index is 1.65.